The topological polar surface area (TPSA) is 78.9 Å². The van der Waals surface area contributed by atoms with E-state index in [-0.39, 0.29) is 31.1 Å². The summed E-state index contributed by atoms with van der Waals surface area (Å²) in [7, 11) is 0. The van der Waals surface area contributed by atoms with Crippen molar-refractivity contribution in [1.82, 2.24) is 0 Å². The summed E-state index contributed by atoms with van der Waals surface area (Å²) in [6.07, 6.45) is 86.6. The lowest BCUT2D eigenvalue weighted by Crippen LogP contribution is -2.30. The number of ether oxygens (including phenoxy) is 3. The molecule has 0 bridgehead atoms. The standard InChI is InChI=1S/C71H124O6/c1-4-7-10-13-15-17-19-21-23-25-27-29-30-31-32-33-34-35-36-37-38-39-40-42-43-45-47-49-51-53-55-58-61-64-70(73)76-67-68(66-75-69(72)63-60-57-12-9-6-3)77-71(74)65-62-59-56-54-52-50-48-46-44-41-28-26-24-22-20-18-16-14-11-8-5-2/h7,10,15,17,20-23,26-29,44,46,68H,4-6,8-9,11-14,16,18-19,24-25,30-43,45,47-67H2,1-3H3/b10-7-,17-15-,22-20-,23-21-,28-26-,29-27-,46-44-. The maximum Gasteiger partial charge on any atom is 0.306 e. The number of carbonyl (C=O) groups excluding carboxylic acids is 3. The lowest BCUT2D eigenvalue weighted by molar-refractivity contribution is -0.167. The molecule has 0 spiro atoms. The molecule has 0 heterocycles. The molecule has 0 aromatic rings. The second kappa shape index (κ2) is 65.1. The highest BCUT2D eigenvalue weighted by Crippen LogP contribution is 2.17. The molecule has 1 atom stereocenters. The minimum absolute atomic E-state index is 0.0783. The van der Waals surface area contributed by atoms with Gasteiger partial charge in [0, 0.05) is 19.3 Å². The molecule has 0 amide bonds. The summed E-state index contributed by atoms with van der Waals surface area (Å²) < 4.78 is 16.8. The summed E-state index contributed by atoms with van der Waals surface area (Å²) >= 11 is 0. The van der Waals surface area contributed by atoms with Crippen LogP contribution in [0.4, 0.5) is 0 Å². The van der Waals surface area contributed by atoms with Gasteiger partial charge in [-0.1, -0.05) is 298 Å². The van der Waals surface area contributed by atoms with Crippen molar-refractivity contribution < 1.29 is 28.6 Å². The van der Waals surface area contributed by atoms with Crippen LogP contribution >= 0.6 is 0 Å². The Labute approximate surface area is 477 Å². The van der Waals surface area contributed by atoms with Crippen molar-refractivity contribution in [2.24, 2.45) is 0 Å². The van der Waals surface area contributed by atoms with E-state index in [0.717, 1.165) is 116 Å². The van der Waals surface area contributed by atoms with Gasteiger partial charge in [0.1, 0.15) is 13.2 Å². The fraction of sp³-hybridized carbons (Fsp3) is 0.761. The molecule has 0 N–H and O–H groups in total. The number of hydrogen-bond acceptors (Lipinski definition) is 6. The largest absolute Gasteiger partial charge is 0.462 e. The Morgan fingerprint density at radius 1 is 0.273 bits per heavy atom. The number of rotatable bonds is 60. The Bertz CT molecular complexity index is 1470. The van der Waals surface area contributed by atoms with Gasteiger partial charge in [0.2, 0.25) is 0 Å². The van der Waals surface area contributed by atoms with Crippen molar-refractivity contribution in [3.8, 4) is 0 Å². The summed E-state index contributed by atoms with van der Waals surface area (Å²) in [4.78, 5) is 37.9. The number of esters is 3. The molecule has 444 valence electrons. The SMILES string of the molecule is CC/C=C\C/C=C\C/C=C\C/C=C\CCCCCCCCCCCCCCCCCCCCCCC(=O)OCC(COC(=O)CCCCCCC)OC(=O)CCCCCCCC/C=C\C/C=C\C/C=C\CCCCCCC. The van der Waals surface area contributed by atoms with E-state index >= 15 is 0 Å². The number of allylic oxidation sites excluding steroid dienone is 14. The first-order valence-electron chi connectivity index (χ1n) is 33.1. The van der Waals surface area contributed by atoms with Gasteiger partial charge in [0.05, 0.1) is 0 Å². The predicted octanol–water partition coefficient (Wildman–Crippen LogP) is 22.7. The van der Waals surface area contributed by atoms with E-state index in [1.807, 2.05) is 0 Å². The molecule has 1 unspecified atom stereocenters. The van der Waals surface area contributed by atoms with Crippen LogP contribution in [0.5, 0.6) is 0 Å². The molecule has 77 heavy (non-hydrogen) atoms. The lowest BCUT2D eigenvalue weighted by atomic mass is 10.0. The average molecular weight is 1070 g/mol. The summed E-state index contributed by atoms with van der Waals surface area (Å²) in [6, 6.07) is 0. The minimum atomic E-state index is -0.778. The van der Waals surface area contributed by atoms with E-state index in [9.17, 15) is 14.4 Å². The molecular weight excluding hydrogens is 949 g/mol. The molecule has 0 aromatic heterocycles. The van der Waals surface area contributed by atoms with Gasteiger partial charge in [-0.15, -0.1) is 0 Å². The van der Waals surface area contributed by atoms with Crippen molar-refractivity contribution in [2.75, 3.05) is 13.2 Å². The average Bonchev–Trinajstić information content (AvgIpc) is 3.43. The summed E-state index contributed by atoms with van der Waals surface area (Å²) in [5.41, 5.74) is 0. The van der Waals surface area contributed by atoms with Crippen LogP contribution in [0.2, 0.25) is 0 Å². The molecule has 0 aromatic carbocycles. The van der Waals surface area contributed by atoms with Gasteiger partial charge in [-0.2, -0.15) is 0 Å². The van der Waals surface area contributed by atoms with Gasteiger partial charge in [-0.25, -0.2) is 0 Å². The Morgan fingerprint density at radius 2 is 0.506 bits per heavy atom. The van der Waals surface area contributed by atoms with Crippen molar-refractivity contribution in [3.63, 3.8) is 0 Å². The third-order valence-electron chi connectivity index (χ3n) is 14.4. The van der Waals surface area contributed by atoms with Crippen LogP contribution in [0.3, 0.4) is 0 Å². The number of hydrogen-bond donors (Lipinski definition) is 0. The molecule has 0 saturated carbocycles. The zero-order valence-electron chi connectivity index (χ0n) is 51.0. The quantitative estimate of drug-likeness (QED) is 0.0261. The summed E-state index contributed by atoms with van der Waals surface area (Å²) in [5.74, 6) is -0.892. The van der Waals surface area contributed by atoms with Crippen LogP contribution in [0, 0.1) is 0 Å². The fourth-order valence-corrected chi connectivity index (χ4v) is 9.44. The highest BCUT2D eigenvalue weighted by atomic mass is 16.6. The van der Waals surface area contributed by atoms with Crippen molar-refractivity contribution in [2.45, 2.75) is 335 Å². The molecule has 0 fully saturated rings. The van der Waals surface area contributed by atoms with E-state index < -0.39 is 6.10 Å². The maximum absolute atomic E-state index is 12.8. The van der Waals surface area contributed by atoms with Crippen LogP contribution < -0.4 is 0 Å². The van der Waals surface area contributed by atoms with Gasteiger partial charge >= 0.3 is 17.9 Å². The van der Waals surface area contributed by atoms with Crippen LogP contribution in [-0.2, 0) is 28.6 Å². The first-order valence-corrected chi connectivity index (χ1v) is 33.1. The number of unbranched alkanes of at least 4 members (excludes halogenated alkanes) is 35. The molecule has 6 heteroatoms. The Hall–Kier alpha value is -3.41. The Kier molecular flexibility index (Phi) is 62.2. The van der Waals surface area contributed by atoms with Crippen molar-refractivity contribution in [3.05, 3.63) is 85.1 Å². The second-order valence-corrected chi connectivity index (χ2v) is 22.0. The van der Waals surface area contributed by atoms with Gasteiger partial charge in [-0.3, -0.25) is 14.4 Å². The molecule has 0 aliphatic rings. The Morgan fingerprint density at radius 3 is 0.792 bits per heavy atom. The van der Waals surface area contributed by atoms with E-state index in [0.29, 0.717) is 19.3 Å². The highest BCUT2D eigenvalue weighted by molar-refractivity contribution is 5.71. The van der Waals surface area contributed by atoms with E-state index in [1.165, 1.54) is 173 Å². The van der Waals surface area contributed by atoms with Crippen LogP contribution in [0.25, 0.3) is 0 Å². The van der Waals surface area contributed by atoms with Crippen molar-refractivity contribution >= 4 is 17.9 Å². The van der Waals surface area contributed by atoms with Gasteiger partial charge in [0.25, 0.3) is 0 Å². The third-order valence-corrected chi connectivity index (χ3v) is 14.4. The minimum Gasteiger partial charge on any atom is -0.462 e. The molecule has 0 radical (unpaired) electrons. The van der Waals surface area contributed by atoms with E-state index in [1.54, 1.807) is 0 Å². The highest BCUT2D eigenvalue weighted by Gasteiger charge is 2.19. The molecule has 0 aliphatic heterocycles. The van der Waals surface area contributed by atoms with Crippen LogP contribution in [-0.4, -0.2) is 37.2 Å². The second-order valence-electron chi connectivity index (χ2n) is 22.0. The summed E-state index contributed by atoms with van der Waals surface area (Å²) in [5, 5.41) is 0. The fourth-order valence-electron chi connectivity index (χ4n) is 9.44. The molecule has 0 aliphatic carbocycles. The smallest absolute Gasteiger partial charge is 0.306 e. The first-order chi connectivity index (χ1) is 38.0. The van der Waals surface area contributed by atoms with Crippen LogP contribution in [0.1, 0.15) is 329 Å². The van der Waals surface area contributed by atoms with Crippen molar-refractivity contribution in [1.29, 1.82) is 0 Å². The zero-order chi connectivity index (χ0) is 55.7. The van der Waals surface area contributed by atoms with Gasteiger partial charge in [0.15, 0.2) is 6.10 Å². The molecule has 6 nitrogen and oxygen atoms in total. The predicted molar refractivity (Wildman–Crippen MR) is 334 cm³/mol. The van der Waals surface area contributed by atoms with Gasteiger partial charge < -0.3 is 14.2 Å². The molecular formula is C71H124O6. The van der Waals surface area contributed by atoms with E-state index in [2.05, 4.69) is 106 Å². The zero-order valence-corrected chi connectivity index (χ0v) is 51.0. The summed E-state index contributed by atoms with van der Waals surface area (Å²) in [6.45, 7) is 6.45. The monoisotopic (exact) mass is 1070 g/mol. The normalized spacial score (nSPS) is 12.6. The molecule has 0 rings (SSSR count). The first kappa shape index (κ1) is 73.6. The Balaban J connectivity index is 3.96. The molecule has 0 saturated heterocycles. The number of carbonyl (C=O) groups is 3. The third kappa shape index (κ3) is 63.3. The van der Waals surface area contributed by atoms with Gasteiger partial charge in [-0.05, 0) is 96.3 Å². The van der Waals surface area contributed by atoms with E-state index in [4.69, 9.17) is 14.2 Å². The lowest BCUT2D eigenvalue weighted by Gasteiger charge is -2.18. The van der Waals surface area contributed by atoms with Crippen LogP contribution in [0.15, 0.2) is 85.1 Å². The maximum atomic E-state index is 12.8.